The van der Waals surface area contributed by atoms with Crippen LogP contribution in [0, 0.1) is 10.1 Å². The molecule has 0 saturated heterocycles. The van der Waals surface area contributed by atoms with Gasteiger partial charge in [-0.15, -0.1) is 0 Å². The molecule has 0 aliphatic rings. The molecule has 154 valence electrons. The zero-order valence-electron chi connectivity index (χ0n) is 16.0. The number of anilines is 1. The Kier molecular flexibility index (Phi) is 6.11. The van der Waals surface area contributed by atoms with E-state index in [-0.39, 0.29) is 17.8 Å². The second-order valence-electron chi connectivity index (χ2n) is 6.49. The van der Waals surface area contributed by atoms with Crippen LogP contribution in [-0.4, -0.2) is 40.1 Å². The molecule has 9 nitrogen and oxygen atoms in total. The summed E-state index contributed by atoms with van der Waals surface area (Å²) in [5.41, 5.74) is 1.97. The van der Waals surface area contributed by atoms with Crippen LogP contribution < -0.4 is 5.32 Å². The predicted octanol–water partition coefficient (Wildman–Crippen LogP) is 3.37. The average molecular weight is 409 g/mol. The number of fused-ring (bicyclic) bond motifs is 1. The molecule has 0 aliphatic carbocycles. The van der Waals surface area contributed by atoms with Gasteiger partial charge in [-0.1, -0.05) is 24.3 Å². The molecule has 3 rings (SSSR count). The third-order valence-corrected chi connectivity index (χ3v) is 4.55. The van der Waals surface area contributed by atoms with Crippen LogP contribution in [-0.2, 0) is 20.7 Å². The Morgan fingerprint density at radius 2 is 2.07 bits per heavy atom. The summed E-state index contributed by atoms with van der Waals surface area (Å²) in [6.07, 6.45) is 4.17. The lowest BCUT2D eigenvalue weighted by Gasteiger charge is -2.17. The molecule has 3 N–H and O–H groups in total. The summed E-state index contributed by atoms with van der Waals surface area (Å²) in [4.78, 5) is 37.1. The summed E-state index contributed by atoms with van der Waals surface area (Å²) in [5, 5.41) is 24.1. The van der Waals surface area contributed by atoms with Crippen molar-refractivity contribution in [3.05, 3.63) is 76.0 Å². The number of para-hydroxylation sites is 1. The van der Waals surface area contributed by atoms with Gasteiger partial charge in [-0.25, -0.2) is 9.59 Å². The van der Waals surface area contributed by atoms with Gasteiger partial charge >= 0.3 is 11.9 Å². The molecule has 1 heterocycles. The number of nitro groups is 1. The van der Waals surface area contributed by atoms with Crippen LogP contribution in [0.2, 0.25) is 0 Å². The number of carbonyl (C=O) groups is 2. The van der Waals surface area contributed by atoms with Gasteiger partial charge in [0.25, 0.3) is 5.69 Å². The van der Waals surface area contributed by atoms with E-state index in [1.165, 1.54) is 31.4 Å². The zero-order valence-corrected chi connectivity index (χ0v) is 16.0. The van der Waals surface area contributed by atoms with E-state index in [0.29, 0.717) is 5.56 Å². The fourth-order valence-electron chi connectivity index (χ4n) is 3.14. The summed E-state index contributed by atoms with van der Waals surface area (Å²) >= 11 is 0. The van der Waals surface area contributed by atoms with Crippen molar-refractivity contribution in [1.82, 2.24) is 4.98 Å². The Labute approximate surface area is 171 Å². The first kappa shape index (κ1) is 20.6. The van der Waals surface area contributed by atoms with Crippen molar-refractivity contribution in [3.63, 3.8) is 0 Å². The number of benzene rings is 2. The quantitative estimate of drug-likeness (QED) is 0.225. The lowest BCUT2D eigenvalue weighted by atomic mass is 10.0. The maximum atomic E-state index is 12.4. The van der Waals surface area contributed by atoms with Gasteiger partial charge in [-0.05, 0) is 29.3 Å². The highest BCUT2D eigenvalue weighted by atomic mass is 16.6. The highest BCUT2D eigenvalue weighted by Gasteiger charge is 2.25. The summed E-state index contributed by atoms with van der Waals surface area (Å²) in [6, 6.07) is 10.9. The summed E-state index contributed by atoms with van der Waals surface area (Å²) in [6.45, 7) is 0. The molecule has 0 bridgehead atoms. The molecule has 0 saturated carbocycles. The number of carbonyl (C=O) groups excluding carboxylic acids is 1. The number of nitrogens with one attached hydrogen (secondary N) is 2. The van der Waals surface area contributed by atoms with Gasteiger partial charge in [0.2, 0.25) is 0 Å². The Bertz CT molecular complexity index is 1130. The van der Waals surface area contributed by atoms with Crippen LogP contribution in [0.1, 0.15) is 11.1 Å². The molecule has 0 fully saturated rings. The van der Waals surface area contributed by atoms with Crippen LogP contribution in [0.4, 0.5) is 11.4 Å². The molecule has 1 aromatic heterocycles. The molecule has 2 aromatic carbocycles. The number of aromatic nitrogens is 1. The maximum Gasteiger partial charge on any atom is 0.328 e. The topological polar surface area (TPSA) is 135 Å². The van der Waals surface area contributed by atoms with Crippen LogP contribution >= 0.6 is 0 Å². The number of carboxylic acids is 1. The fraction of sp³-hybridized carbons (Fsp3) is 0.143. The average Bonchev–Trinajstić information content (AvgIpc) is 3.14. The second-order valence-corrected chi connectivity index (χ2v) is 6.49. The number of rotatable bonds is 8. The van der Waals surface area contributed by atoms with Crippen molar-refractivity contribution in [3.8, 4) is 0 Å². The van der Waals surface area contributed by atoms with E-state index in [1.807, 2.05) is 24.3 Å². The number of aliphatic carboxylic acids is 1. The molecule has 30 heavy (non-hydrogen) atoms. The number of ether oxygens (including phenoxy) is 1. The van der Waals surface area contributed by atoms with Crippen molar-refractivity contribution in [2.24, 2.45) is 0 Å². The van der Waals surface area contributed by atoms with Gasteiger partial charge in [0, 0.05) is 35.7 Å². The number of carboxylic acid groups (broad SMARTS) is 1. The Morgan fingerprint density at radius 1 is 1.30 bits per heavy atom. The normalized spacial score (nSPS) is 12.0. The third-order valence-electron chi connectivity index (χ3n) is 4.55. The SMILES string of the molecule is COC(=O)[C@H](Cc1c[nH]c2ccccc12)Nc1ccc(C=CC(=O)O)cc1[N+](=O)[O-]. The molecule has 0 unspecified atom stereocenters. The highest BCUT2D eigenvalue weighted by molar-refractivity contribution is 5.87. The van der Waals surface area contributed by atoms with Crippen LogP contribution in [0.3, 0.4) is 0 Å². The largest absolute Gasteiger partial charge is 0.478 e. The van der Waals surface area contributed by atoms with Crippen molar-refractivity contribution in [1.29, 1.82) is 0 Å². The van der Waals surface area contributed by atoms with E-state index in [9.17, 15) is 19.7 Å². The summed E-state index contributed by atoms with van der Waals surface area (Å²) < 4.78 is 4.88. The number of hydrogen-bond acceptors (Lipinski definition) is 6. The smallest absolute Gasteiger partial charge is 0.328 e. The lowest BCUT2D eigenvalue weighted by Crippen LogP contribution is -2.33. The third kappa shape index (κ3) is 4.64. The van der Waals surface area contributed by atoms with Crippen LogP contribution in [0.5, 0.6) is 0 Å². The Hall–Kier alpha value is -4.14. The maximum absolute atomic E-state index is 12.4. The molecule has 0 aliphatic heterocycles. The standard InChI is InChI=1S/C21H19N3O6/c1-30-21(27)18(11-14-12-22-16-5-3-2-4-15(14)16)23-17-8-6-13(7-9-20(25)26)10-19(17)24(28)29/h2-10,12,18,22-23H,11H2,1H3,(H,25,26)/t18-/m0/s1. The number of esters is 1. The van der Waals surface area contributed by atoms with Gasteiger partial charge in [-0.2, -0.15) is 0 Å². The van der Waals surface area contributed by atoms with Crippen LogP contribution in [0.15, 0.2) is 54.7 Å². The van der Waals surface area contributed by atoms with Gasteiger partial charge in [0.15, 0.2) is 0 Å². The molecule has 1 atom stereocenters. The second kappa shape index (κ2) is 8.91. The highest BCUT2D eigenvalue weighted by Crippen LogP contribution is 2.28. The molecule has 9 heteroatoms. The number of nitro benzene ring substituents is 1. The Morgan fingerprint density at radius 3 is 2.77 bits per heavy atom. The van der Waals surface area contributed by atoms with Crippen molar-refractivity contribution >= 4 is 40.3 Å². The monoisotopic (exact) mass is 409 g/mol. The minimum absolute atomic E-state index is 0.128. The van der Waals surface area contributed by atoms with Gasteiger partial charge < -0.3 is 20.1 Å². The van der Waals surface area contributed by atoms with E-state index in [1.54, 1.807) is 6.20 Å². The molecule has 3 aromatic rings. The Balaban J connectivity index is 1.92. The first-order chi connectivity index (χ1) is 14.4. The summed E-state index contributed by atoms with van der Waals surface area (Å²) in [7, 11) is 1.25. The number of aromatic amines is 1. The minimum Gasteiger partial charge on any atom is -0.478 e. The van der Waals surface area contributed by atoms with E-state index >= 15 is 0 Å². The van der Waals surface area contributed by atoms with Crippen molar-refractivity contribution in [2.45, 2.75) is 12.5 Å². The van der Waals surface area contributed by atoms with Gasteiger partial charge in [0.1, 0.15) is 11.7 Å². The molecule has 0 spiro atoms. The van der Waals surface area contributed by atoms with E-state index < -0.39 is 22.9 Å². The first-order valence-electron chi connectivity index (χ1n) is 8.98. The van der Waals surface area contributed by atoms with Crippen molar-refractivity contribution in [2.75, 3.05) is 12.4 Å². The van der Waals surface area contributed by atoms with E-state index in [4.69, 9.17) is 9.84 Å². The van der Waals surface area contributed by atoms with Gasteiger partial charge in [-0.3, -0.25) is 10.1 Å². The molecule has 0 radical (unpaired) electrons. The number of hydrogen-bond donors (Lipinski definition) is 3. The van der Waals surface area contributed by atoms with Gasteiger partial charge in [0.05, 0.1) is 12.0 Å². The zero-order chi connectivity index (χ0) is 21.7. The summed E-state index contributed by atoms with van der Waals surface area (Å²) in [5.74, 6) is -1.73. The van der Waals surface area contributed by atoms with Crippen molar-refractivity contribution < 1.29 is 24.4 Å². The minimum atomic E-state index is -1.16. The molecular formula is C21H19N3O6. The predicted molar refractivity (Wildman–Crippen MR) is 111 cm³/mol. The first-order valence-corrected chi connectivity index (χ1v) is 8.98. The fourth-order valence-corrected chi connectivity index (χ4v) is 3.14. The van der Waals surface area contributed by atoms with E-state index in [2.05, 4.69) is 10.3 Å². The number of methoxy groups -OCH3 is 1. The molecule has 0 amide bonds. The molecular weight excluding hydrogens is 390 g/mol. The van der Waals surface area contributed by atoms with E-state index in [0.717, 1.165) is 22.5 Å². The lowest BCUT2D eigenvalue weighted by molar-refractivity contribution is -0.384. The number of nitrogens with zero attached hydrogens (tertiary/aromatic N) is 1. The van der Waals surface area contributed by atoms with Crippen LogP contribution in [0.25, 0.3) is 17.0 Å². The number of H-pyrrole nitrogens is 1.